The Hall–Kier alpha value is -13.0. The van der Waals surface area contributed by atoms with Gasteiger partial charge in [-0.2, -0.15) is 11.8 Å². The Morgan fingerprint density at radius 2 is 1.11 bits per heavy atom. The Balaban J connectivity index is 1.20. The number of para-hydroxylation sites is 2. The number of thioether (sulfide) groups is 1. The SMILES string of the molecule is CCCC[C@H]1C(=O)N(C)[C@@H](CCCC)C(=O)N[C@@H](CCCNC(=N)N)C(=O)C[C@H](C(=O)NCC(N)=O)CSCC(=O)N[C@@H](Cc2ccc(OC)c(OC)c2)C(=O)N(C)[C@@H](C)C(=O)N[C@@H](CC(N)=O)C(=O)N2CCC[C@H]2C(=O)N[C@@H](CN)C(=O)NC(CC(C)C)C(=O)N2C[C@H](O)C[C@H]2C(=O)N[C@@H](Cc2c[nH]c3ccccc23)C(=O)N[C@@H](CO)C(=O)N[C@@H](Cc2c[nH]c3ccccc23)C(=O)N1C. The molecule has 3 aliphatic heterocycles. The van der Waals surface area contributed by atoms with Crippen molar-refractivity contribution in [2.75, 3.05) is 86.2 Å². The molecule has 5 aromatic rings. The second kappa shape index (κ2) is 51.5. The number of ether oxygens (including phenoxy) is 2. The fourth-order valence-corrected chi connectivity index (χ4v) is 17.8. The normalized spacial score (nSPS) is 24.8. The summed E-state index contributed by atoms with van der Waals surface area (Å²) in [5.74, 6) is -18.2. The second-order valence-corrected chi connectivity index (χ2v) is 35.8. The summed E-state index contributed by atoms with van der Waals surface area (Å²) in [5.41, 5.74) is 25.7. The molecule has 738 valence electrons. The van der Waals surface area contributed by atoms with Crippen LogP contribution in [-0.4, -0.2) is 322 Å². The summed E-state index contributed by atoms with van der Waals surface area (Å²) in [4.78, 5) is 262. The molecule has 0 aliphatic carbocycles. The number of nitrogens with two attached hydrogens (primary N) is 4. The molecule has 3 saturated heterocycles. The van der Waals surface area contributed by atoms with E-state index in [1.54, 1.807) is 93.0 Å². The van der Waals surface area contributed by atoms with Crippen LogP contribution in [0.2, 0.25) is 0 Å². The number of likely N-dealkylation sites (N-methyl/N-ethyl adjacent to an activating group) is 3. The number of aliphatic hydroxyl groups is 2. The van der Waals surface area contributed by atoms with Crippen LogP contribution in [0.25, 0.3) is 21.8 Å². The van der Waals surface area contributed by atoms with Gasteiger partial charge in [0.2, 0.25) is 94.5 Å². The minimum atomic E-state index is -1.89. The van der Waals surface area contributed by atoms with Gasteiger partial charge in [0, 0.05) is 119 Å². The number of guanidine groups is 1. The van der Waals surface area contributed by atoms with Gasteiger partial charge in [0.25, 0.3) is 0 Å². The maximum Gasteiger partial charge on any atom is 0.246 e. The van der Waals surface area contributed by atoms with E-state index < -0.39 is 242 Å². The average molecular weight is 1900 g/mol. The second-order valence-electron chi connectivity index (χ2n) is 34.8. The lowest BCUT2D eigenvalue weighted by Crippen LogP contribution is -2.62. The molecule has 3 aromatic carbocycles. The Kier molecular flexibility index (Phi) is 40.9. The van der Waals surface area contributed by atoms with Gasteiger partial charge in [-0.1, -0.05) is 95.8 Å². The van der Waals surface area contributed by atoms with Gasteiger partial charge >= 0.3 is 0 Å². The fraction of sp³-hybridized carbons (Fsp3) is 0.560. The topological polar surface area (TPSA) is 645 Å². The number of unbranched alkanes of at least 4 members (excludes halogenated alkanes) is 2. The lowest BCUT2D eigenvalue weighted by molar-refractivity contribution is -0.149. The first kappa shape index (κ1) is 107. The van der Waals surface area contributed by atoms with E-state index in [0.29, 0.717) is 69.9 Å². The van der Waals surface area contributed by atoms with Gasteiger partial charge in [0.05, 0.1) is 57.6 Å². The summed E-state index contributed by atoms with van der Waals surface area (Å²) in [6.45, 7) is 5.50. The van der Waals surface area contributed by atoms with Gasteiger partial charge in [-0.15, -0.1) is 0 Å². The number of Topliss-reactive ketones (excluding diaryl/α,β-unsaturated/α-hetero) is 1. The quantitative estimate of drug-likeness (QED) is 0.0146. The van der Waals surface area contributed by atoms with Crippen molar-refractivity contribution in [3.8, 4) is 11.5 Å². The minimum Gasteiger partial charge on any atom is -0.493 e. The highest BCUT2D eigenvalue weighted by molar-refractivity contribution is 7.99. The number of aromatic amines is 2. The summed E-state index contributed by atoms with van der Waals surface area (Å²) < 4.78 is 11.0. The molecule has 44 heteroatoms. The van der Waals surface area contributed by atoms with Crippen LogP contribution in [0, 0.1) is 17.2 Å². The van der Waals surface area contributed by atoms with Gasteiger partial charge in [-0.25, -0.2) is 0 Å². The van der Waals surface area contributed by atoms with Crippen molar-refractivity contribution in [1.82, 2.24) is 87.6 Å². The zero-order chi connectivity index (χ0) is 99.2. The number of nitrogens with zero attached hydrogens (tertiary/aromatic N) is 5. The van der Waals surface area contributed by atoms with Crippen molar-refractivity contribution in [2.24, 2.45) is 34.8 Å². The highest BCUT2D eigenvalue weighted by Gasteiger charge is 2.47. The number of methoxy groups -OCH3 is 2. The highest BCUT2D eigenvalue weighted by atomic mass is 32.2. The molecule has 0 spiro atoms. The van der Waals surface area contributed by atoms with Crippen LogP contribution in [0.5, 0.6) is 11.5 Å². The molecular formula is C91H132N22O21S. The standard InChI is InChI=1S/C91H132N22O21S/c1-11-13-26-68-83(125)102-60(25-19-31-97-91(95)96)72(116)38-54(79(121)100-44-76(94)118)47-135-48-77(119)101-63(34-51-29-30-73(133-9)74(35-51)134-10)86(128)109(6)50(5)78(120)104-65(40-75(93)117)88(130)112-32-20-28-69(112)84(126)107-66(41-92)81(123)105-62(33-49(3)4)89(131)113-45-55(115)39-71(113)85(127)103-61(36-52-42-98-58-23-17-15-21-56(52)58)80(122)108-67(46-114)82(124)106-64(37-53-43-99-59-24-18-16-22-57(53)59)87(129)111(8)70(27-14-12-2)90(132)110(68)7/h15-18,21-24,29-30,35,42-43,49-50,54-55,60-71,98-99,114-115H,11-14,19-20,25-28,31-34,36-41,44-48,92H2,1-10H3,(H2,93,117)(H2,94,118)(H,100,121)(H,101,119)(H,102,125)(H,103,127)(H,104,120)(H,105,123)(H,106,124)(H,107,126)(H,108,122)(H4,95,96,97)/t50-,54-,55+,60-,61-,62?,63-,64-,65-,66-,67-,68-,69-,70-,71-/m0/s1. The van der Waals surface area contributed by atoms with Gasteiger partial charge in [-0.3, -0.25) is 86.9 Å². The highest BCUT2D eigenvalue weighted by Crippen LogP contribution is 2.31. The van der Waals surface area contributed by atoms with Crippen LogP contribution in [0.15, 0.2) is 79.1 Å². The number of benzene rings is 3. The first-order valence-electron chi connectivity index (χ1n) is 45.4. The number of fused-ring (bicyclic) bond motifs is 4. The first-order valence-corrected chi connectivity index (χ1v) is 46.6. The average Bonchev–Trinajstić information content (AvgIpc) is 1.63. The van der Waals surface area contributed by atoms with E-state index in [4.69, 9.17) is 37.8 Å². The lowest BCUT2D eigenvalue weighted by atomic mass is 9.95. The Morgan fingerprint density at radius 3 is 1.71 bits per heavy atom. The number of carbonyl (C=O) groups is 17. The number of amides is 16. The molecule has 0 saturated carbocycles. The van der Waals surface area contributed by atoms with Crippen LogP contribution < -0.4 is 85.6 Å². The summed E-state index contributed by atoms with van der Waals surface area (Å²) in [5, 5.41) is 58.1. The Labute approximate surface area is 787 Å². The van der Waals surface area contributed by atoms with Crippen molar-refractivity contribution in [2.45, 2.75) is 228 Å². The molecule has 8 rings (SSSR count). The zero-order valence-corrected chi connectivity index (χ0v) is 78.8. The smallest absolute Gasteiger partial charge is 0.246 e. The summed E-state index contributed by atoms with van der Waals surface area (Å²) in [6.07, 6.45) is 0.806. The number of aliphatic hydroxyl groups excluding tert-OH is 2. The van der Waals surface area contributed by atoms with Crippen molar-refractivity contribution >= 4 is 140 Å². The predicted molar refractivity (Wildman–Crippen MR) is 499 cm³/mol. The number of H-pyrrole nitrogens is 2. The number of aromatic nitrogens is 2. The van der Waals surface area contributed by atoms with Crippen molar-refractivity contribution < 1.29 is 101 Å². The Morgan fingerprint density at radius 1 is 0.570 bits per heavy atom. The molecule has 135 heavy (non-hydrogen) atoms. The molecule has 16 amide bonds. The third-order valence-electron chi connectivity index (χ3n) is 24.4. The molecule has 1 unspecified atom stereocenters. The maximum absolute atomic E-state index is 15.8. The summed E-state index contributed by atoms with van der Waals surface area (Å²) in [6, 6.07) is -1.37. The third kappa shape index (κ3) is 29.8. The first-order chi connectivity index (χ1) is 64.3. The molecule has 3 aliphatic rings. The van der Waals surface area contributed by atoms with Crippen LogP contribution in [0.1, 0.15) is 141 Å². The van der Waals surface area contributed by atoms with Crippen molar-refractivity contribution in [3.05, 3.63) is 95.8 Å². The fourth-order valence-electron chi connectivity index (χ4n) is 16.8. The Bertz CT molecular complexity index is 5070. The number of ketones is 1. The number of hydrogen-bond donors (Lipinski definition) is 19. The van der Waals surface area contributed by atoms with Crippen LogP contribution in [0.4, 0.5) is 0 Å². The molecule has 15 atom stereocenters. The van der Waals surface area contributed by atoms with E-state index in [-0.39, 0.29) is 101 Å². The monoisotopic (exact) mass is 1900 g/mol. The molecule has 0 bridgehead atoms. The van der Waals surface area contributed by atoms with Crippen LogP contribution >= 0.6 is 11.8 Å². The van der Waals surface area contributed by atoms with Crippen LogP contribution in [-0.2, 0) is 101 Å². The third-order valence-corrected chi connectivity index (χ3v) is 25.5. The molecule has 2 aromatic heterocycles. The molecule has 3 fully saturated rings. The van der Waals surface area contributed by atoms with E-state index in [9.17, 15) is 48.6 Å². The van der Waals surface area contributed by atoms with Gasteiger partial charge in [0.15, 0.2) is 23.2 Å². The zero-order valence-electron chi connectivity index (χ0n) is 78.0. The van der Waals surface area contributed by atoms with Gasteiger partial charge < -0.3 is 130 Å². The van der Waals surface area contributed by atoms with Crippen LogP contribution in [0.3, 0.4) is 0 Å². The summed E-state index contributed by atoms with van der Waals surface area (Å²) >= 11 is 0.827. The van der Waals surface area contributed by atoms with E-state index in [1.165, 1.54) is 47.2 Å². The molecule has 0 radical (unpaired) electrons. The van der Waals surface area contributed by atoms with Crippen molar-refractivity contribution in [3.63, 3.8) is 0 Å². The molecule has 23 N–H and O–H groups in total. The van der Waals surface area contributed by atoms with E-state index in [0.717, 1.165) is 31.4 Å². The molecule has 5 heterocycles. The van der Waals surface area contributed by atoms with E-state index >= 15 is 43.2 Å². The lowest BCUT2D eigenvalue weighted by Gasteiger charge is -2.36. The number of primary amides is 2. The predicted octanol–water partition coefficient (Wildman–Crippen LogP) is -2.53. The minimum absolute atomic E-state index is 0.00116. The number of hydrogen-bond acceptors (Lipinski definition) is 24. The maximum atomic E-state index is 15.8. The largest absolute Gasteiger partial charge is 0.493 e. The van der Waals surface area contributed by atoms with Crippen molar-refractivity contribution in [1.29, 1.82) is 5.41 Å². The molecule has 43 nitrogen and oxygen atoms in total. The molecular weight excluding hydrogens is 1770 g/mol. The summed E-state index contributed by atoms with van der Waals surface area (Å²) in [7, 11) is 6.71. The number of carbonyl (C=O) groups excluding carboxylic acids is 17. The van der Waals surface area contributed by atoms with E-state index in [2.05, 4.69) is 63.1 Å². The van der Waals surface area contributed by atoms with E-state index in [1.807, 2.05) is 13.8 Å². The van der Waals surface area contributed by atoms with Gasteiger partial charge in [-0.05, 0) is 98.7 Å². The number of rotatable bonds is 27. The number of nitrogens with one attached hydrogen (secondary N) is 13. The van der Waals surface area contributed by atoms with Gasteiger partial charge in [0.1, 0.15) is 72.5 Å².